The monoisotopic (exact) mass is 224 g/mol. The van der Waals surface area contributed by atoms with Crippen molar-refractivity contribution in [1.82, 2.24) is 9.97 Å². The van der Waals surface area contributed by atoms with Crippen LogP contribution in [0, 0.1) is 5.92 Å². The highest BCUT2D eigenvalue weighted by Crippen LogP contribution is 2.15. The van der Waals surface area contributed by atoms with Gasteiger partial charge in [-0.05, 0) is 5.92 Å². The van der Waals surface area contributed by atoms with Crippen LogP contribution >= 0.6 is 0 Å². The second-order valence-electron chi connectivity index (χ2n) is 3.68. The Morgan fingerprint density at radius 1 is 1.44 bits per heavy atom. The zero-order valence-electron chi connectivity index (χ0n) is 9.60. The summed E-state index contributed by atoms with van der Waals surface area (Å²) in [5, 5.41) is 2.92. The van der Waals surface area contributed by atoms with Gasteiger partial charge in [0.1, 0.15) is 6.04 Å². The van der Waals surface area contributed by atoms with Crippen LogP contribution in [0.1, 0.15) is 13.8 Å². The van der Waals surface area contributed by atoms with Crippen LogP contribution < -0.4 is 11.1 Å². The Hall–Kier alpha value is -1.85. The number of methoxy groups -OCH3 is 1. The number of esters is 1. The van der Waals surface area contributed by atoms with Crippen LogP contribution in [-0.4, -0.2) is 29.1 Å². The van der Waals surface area contributed by atoms with E-state index in [2.05, 4.69) is 15.3 Å². The molecule has 0 saturated carbocycles. The van der Waals surface area contributed by atoms with E-state index in [0.717, 1.165) is 0 Å². The number of anilines is 2. The molecule has 3 N–H and O–H groups in total. The van der Waals surface area contributed by atoms with E-state index >= 15 is 0 Å². The Labute approximate surface area is 94.2 Å². The van der Waals surface area contributed by atoms with Crippen molar-refractivity contribution in [2.24, 2.45) is 5.92 Å². The minimum atomic E-state index is -0.482. The van der Waals surface area contributed by atoms with Crippen molar-refractivity contribution in [1.29, 1.82) is 0 Å². The molecule has 1 aromatic heterocycles. The van der Waals surface area contributed by atoms with E-state index in [4.69, 9.17) is 10.5 Å². The Morgan fingerprint density at radius 3 is 2.56 bits per heavy atom. The SMILES string of the molecule is COC(=O)C(Nc1nccnc1N)C(C)C. The van der Waals surface area contributed by atoms with Gasteiger partial charge in [0.15, 0.2) is 11.6 Å². The van der Waals surface area contributed by atoms with E-state index in [0.29, 0.717) is 5.82 Å². The van der Waals surface area contributed by atoms with E-state index in [-0.39, 0.29) is 17.7 Å². The van der Waals surface area contributed by atoms with Gasteiger partial charge in [0.2, 0.25) is 0 Å². The highest BCUT2D eigenvalue weighted by atomic mass is 16.5. The standard InChI is InChI=1S/C10H16N4O2/c1-6(2)7(10(15)16-3)14-9-8(11)12-4-5-13-9/h4-7H,1-3H3,(H2,11,12)(H,13,14). The van der Waals surface area contributed by atoms with Crippen molar-refractivity contribution >= 4 is 17.6 Å². The first kappa shape index (κ1) is 12.2. The van der Waals surface area contributed by atoms with E-state index < -0.39 is 6.04 Å². The van der Waals surface area contributed by atoms with Gasteiger partial charge in [-0.15, -0.1) is 0 Å². The van der Waals surface area contributed by atoms with Gasteiger partial charge in [0, 0.05) is 12.4 Å². The summed E-state index contributed by atoms with van der Waals surface area (Å²) >= 11 is 0. The minimum absolute atomic E-state index is 0.0638. The van der Waals surface area contributed by atoms with Crippen LogP contribution in [0.4, 0.5) is 11.6 Å². The number of nitrogens with one attached hydrogen (secondary N) is 1. The third kappa shape index (κ3) is 2.82. The van der Waals surface area contributed by atoms with Crippen molar-refractivity contribution in [3.8, 4) is 0 Å². The first-order valence-corrected chi connectivity index (χ1v) is 4.97. The highest BCUT2D eigenvalue weighted by Gasteiger charge is 2.23. The van der Waals surface area contributed by atoms with E-state index in [1.807, 2.05) is 13.8 Å². The molecular weight excluding hydrogens is 208 g/mol. The van der Waals surface area contributed by atoms with Crippen LogP contribution in [0.2, 0.25) is 0 Å². The van der Waals surface area contributed by atoms with E-state index in [1.54, 1.807) is 0 Å². The third-order valence-electron chi connectivity index (χ3n) is 2.14. The second-order valence-corrected chi connectivity index (χ2v) is 3.68. The van der Waals surface area contributed by atoms with Crippen LogP contribution in [0.3, 0.4) is 0 Å². The predicted molar refractivity (Wildman–Crippen MR) is 60.7 cm³/mol. The number of carbonyl (C=O) groups excluding carboxylic acids is 1. The van der Waals surface area contributed by atoms with Gasteiger partial charge < -0.3 is 15.8 Å². The number of hydrogen-bond acceptors (Lipinski definition) is 6. The first-order chi connectivity index (χ1) is 7.56. The lowest BCUT2D eigenvalue weighted by atomic mass is 10.0. The summed E-state index contributed by atoms with van der Waals surface area (Å²) in [4.78, 5) is 19.4. The second kappa shape index (κ2) is 5.29. The van der Waals surface area contributed by atoms with Crippen molar-refractivity contribution < 1.29 is 9.53 Å². The molecule has 1 aromatic rings. The number of nitrogens with two attached hydrogens (primary N) is 1. The molecule has 1 unspecified atom stereocenters. The Bertz CT molecular complexity index is 368. The highest BCUT2D eigenvalue weighted by molar-refractivity contribution is 5.80. The Balaban J connectivity index is 2.84. The summed E-state index contributed by atoms with van der Waals surface area (Å²) in [7, 11) is 1.35. The van der Waals surface area contributed by atoms with E-state index in [9.17, 15) is 4.79 Å². The van der Waals surface area contributed by atoms with Gasteiger partial charge in [-0.1, -0.05) is 13.8 Å². The summed E-state index contributed by atoms with van der Waals surface area (Å²) in [5.41, 5.74) is 5.62. The maximum atomic E-state index is 11.5. The minimum Gasteiger partial charge on any atom is -0.467 e. The topological polar surface area (TPSA) is 90.1 Å². The fourth-order valence-corrected chi connectivity index (χ4v) is 1.23. The van der Waals surface area contributed by atoms with Gasteiger partial charge >= 0.3 is 5.97 Å². The number of nitrogens with zero attached hydrogens (tertiary/aromatic N) is 2. The quantitative estimate of drug-likeness (QED) is 0.730. The Kier molecular flexibility index (Phi) is 4.04. The molecule has 6 nitrogen and oxygen atoms in total. The fourth-order valence-electron chi connectivity index (χ4n) is 1.23. The van der Waals surface area contributed by atoms with Crippen LogP contribution in [0.25, 0.3) is 0 Å². The normalized spacial score (nSPS) is 12.2. The summed E-state index contributed by atoms with van der Waals surface area (Å²) in [6.07, 6.45) is 3.00. The van der Waals surface area contributed by atoms with E-state index in [1.165, 1.54) is 19.5 Å². The molecule has 0 aromatic carbocycles. The molecule has 6 heteroatoms. The number of nitrogen functional groups attached to an aromatic ring is 1. The predicted octanol–water partition coefficient (Wildman–Crippen LogP) is 0.668. The largest absolute Gasteiger partial charge is 0.467 e. The number of rotatable bonds is 4. The molecular formula is C10H16N4O2. The van der Waals surface area contributed by atoms with Gasteiger partial charge in [-0.25, -0.2) is 14.8 Å². The molecule has 88 valence electrons. The third-order valence-corrected chi connectivity index (χ3v) is 2.14. The summed E-state index contributed by atoms with van der Waals surface area (Å²) in [6, 6.07) is -0.482. The van der Waals surface area contributed by atoms with Crippen molar-refractivity contribution in [2.45, 2.75) is 19.9 Å². The molecule has 0 bridgehead atoms. The van der Waals surface area contributed by atoms with Crippen molar-refractivity contribution in [3.05, 3.63) is 12.4 Å². The molecule has 0 aliphatic heterocycles. The molecule has 1 heterocycles. The summed E-state index contributed by atoms with van der Waals surface area (Å²) in [5.74, 6) is 0.373. The fraction of sp³-hybridized carbons (Fsp3) is 0.500. The number of carbonyl (C=O) groups is 1. The zero-order valence-corrected chi connectivity index (χ0v) is 9.60. The van der Waals surface area contributed by atoms with Gasteiger partial charge in [0.25, 0.3) is 0 Å². The number of aromatic nitrogens is 2. The Morgan fingerprint density at radius 2 is 2.06 bits per heavy atom. The van der Waals surface area contributed by atoms with Crippen molar-refractivity contribution in [2.75, 3.05) is 18.2 Å². The lowest BCUT2D eigenvalue weighted by molar-refractivity contribution is -0.142. The van der Waals surface area contributed by atoms with Crippen molar-refractivity contribution in [3.63, 3.8) is 0 Å². The summed E-state index contributed by atoms with van der Waals surface area (Å²) in [6.45, 7) is 3.81. The smallest absolute Gasteiger partial charge is 0.328 e. The molecule has 1 atom stereocenters. The van der Waals surface area contributed by atoms with Crippen LogP contribution in [-0.2, 0) is 9.53 Å². The maximum absolute atomic E-state index is 11.5. The molecule has 0 saturated heterocycles. The van der Waals surface area contributed by atoms with Crippen LogP contribution in [0.15, 0.2) is 12.4 Å². The number of hydrogen-bond donors (Lipinski definition) is 2. The summed E-state index contributed by atoms with van der Waals surface area (Å²) < 4.78 is 4.70. The average molecular weight is 224 g/mol. The molecule has 16 heavy (non-hydrogen) atoms. The lowest BCUT2D eigenvalue weighted by Crippen LogP contribution is -2.36. The first-order valence-electron chi connectivity index (χ1n) is 4.97. The molecule has 0 radical (unpaired) electrons. The van der Waals surface area contributed by atoms with Gasteiger partial charge in [-0.2, -0.15) is 0 Å². The zero-order chi connectivity index (χ0) is 12.1. The lowest BCUT2D eigenvalue weighted by Gasteiger charge is -2.20. The average Bonchev–Trinajstić information content (AvgIpc) is 2.26. The van der Waals surface area contributed by atoms with Gasteiger partial charge in [-0.3, -0.25) is 0 Å². The van der Waals surface area contributed by atoms with Crippen LogP contribution in [0.5, 0.6) is 0 Å². The number of ether oxygens (including phenoxy) is 1. The molecule has 0 aliphatic carbocycles. The molecule has 0 fully saturated rings. The molecule has 0 spiro atoms. The molecule has 1 rings (SSSR count). The van der Waals surface area contributed by atoms with Gasteiger partial charge in [0.05, 0.1) is 7.11 Å². The maximum Gasteiger partial charge on any atom is 0.328 e. The molecule has 0 amide bonds. The molecule has 0 aliphatic rings.